The molecule has 5 heteroatoms. The van der Waals surface area contributed by atoms with Gasteiger partial charge in [0.15, 0.2) is 0 Å². The average molecular weight is 301 g/mol. The first-order valence-electron chi connectivity index (χ1n) is 7.48. The summed E-state index contributed by atoms with van der Waals surface area (Å²) < 4.78 is 43.3. The summed E-state index contributed by atoms with van der Waals surface area (Å²) in [6.07, 6.45) is 0.648. The number of nitrogens with two attached hydrogens (primary N) is 1. The Balaban J connectivity index is 1.97. The Morgan fingerprint density at radius 3 is 2.38 bits per heavy atom. The summed E-state index contributed by atoms with van der Waals surface area (Å²) in [6.45, 7) is 2.14. The van der Waals surface area contributed by atoms with Crippen LogP contribution in [-0.4, -0.2) is 12.1 Å². The fourth-order valence-electron chi connectivity index (χ4n) is 3.08. The maximum atomic E-state index is 12.5. The van der Waals surface area contributed by atoms with Gasteiger partial charge in [0.2, 0.25) is 0 Å². The van der Waals surface area contributed by atoms with Crippen LogP contribution in [-0.2, 0) is 6.18 Å². The molecule has 1 fully saturated rings. The highest BCUT2D eigenvalue weighted by atomic mass is 19.4. The average Bonchev–Trinajstić information content (AvgIpc) is 2.38. The molecule has 3 unspecified atom stereocenters. The molecule has 0 aromatic heterocycles. The molecule has 3 atom stereocenters. The molecule has 1 aromatic carbocycles. The van der Waals surface area contributed by atoms with Crippen LogP contribution in [0.15, 0.2) is 24.3 Å². The molecule has 1 aromatic rings. The van der Waals surface area contributed by atoms with Crippen LogP contribution in [0.25, 0.3) is 0 Å². The summed E-state index contributed by atoms with van der Waals surface area (Å²) in [6, 6.07) is 5.01. The number of benzene rings is 1. The first-order valence-corrected chi connectivity index (χ1v) is 7.48. The molecule has 0 amide bonds. The first-order chi connectivity index (χ1) is 9.88. The van der Waals surface area contributed by atoms with Gasteiger partial charge >= 0.3 is 6.18 Å². The highest BCUT2D eigenvalue weighted by molar-refractivity contribution is 5.29. The van der Waals surface area contributed by atoms with Gasteiger partial charge in [-0.2, -0.15) is 13.2 Å². The van der Waals surface area contributed by atoms with Crippen molar-refractivity contribution in [2.45, 2.75) is 57.3 Å². The van der Waals surface area contributed by atoms with Crippen molar-refractivity contribution in [2.75, 3.05) is 0 Å². The molecule has 0 saturated heterocycles. The summed E-state index contributed by atoms with van der Waals surface area (Å²) in [7, 11) is 0. The van der Waals surface area contributed by atoms with E-state index in [0.717, 1.165) is 44.2 Å². The van der Waals surface area contributed by atoms with Crippen molar-refractivity contribution in [3.63, 3.8) is 0 Å². The Bertz CT molecular complexity index is 444. The molecule has 0 heterocycles. The van der Waals surface area contributed by atoms with Gasteiger partial charge in [0.1, 0.15) is 11.9 Å². The Morgan fingerprint density at radius 1 is 1.14 bits per heavy atom. The van der Waals surface area contributed by atoms with Gasteiger partial charge < -0.3 is 10.5 Å². The van der Waals surface area contributed by atoms with E-state index in [1.807, 2.05) is 0 Å². The third-order valence-electron chi connectivity index (χ3n) is 3.98. The minimum Gasteiger partial charge on any atom is -0.490 e. The normalized spacial score (nSPS) is 26.6. The predicted molar refractivity (Wildman–Crippen MR) is 76.1 cm³/mol. The molecule has 0 radical (unpaired) electrons. The standard InChI is InChI=1S/C16H22F3NO/c1-2-3-11-8-13(20)10-15(9-11)21-14-6-4-12(5-7-14)16(17,18)19/h4-7,11,13,15H,2-3,8-10,20H2,1H3. The lowest BCUT2D eigenvalue weighted by atomic mass is 9.82. The molecular formula is C16H22F3NO. The van der Waals surface area contributed by atoms with E-state index in [4.69, 9.17) is 10.5 Å². The van der Waals surface area contributed by atoms with Crippen LogP contribution < -0.4 is 10.5 Å². The van der Waals surface area contributed by atoms with Gasteiger partial charge in [-0.25, -0.2) is 0 Å². The molecule has 21 heavy (non-hydrogen) atoms. The van der Waals surface area contributed by atoms with Crippen LogP contribution in [0.1, 0.15) is 44.6 Å². The summed E-state index contributed by atoms with van der Waals surface area (Å²) in [5, 5.41) is 0. The first kappa shape index (κ1) is 16.1. The SMILES string of the molecule is CCCC1CC(N)CC(Oc2ccc(C(F)(F)F)cc2)C1. The number of halogens is 3. The van der Waals surface area contributed by atoms with E-state index in [1.54, 1.807) is 0 Å². The smallest absolute Gasteiger partial charge is 0.416 e. The Labute approximate surface area is 123 Å². The van der Waals surface area contributed by atoms with E-state index in [-0.39, 0.29) is 12.1 Å². The van der Waals surface area contributed by atoms with E-state index >= 15 is 0 Å². The second-order valence-corrected chi connectivity index (χ2v) is 5.88. The van der Waals surface area contributed by atoms with E-state index in [9.17, 15) is 13.2 Å². The fourth-order valence-corrected chi connectivity index (χ4v) is 3.08. The van der Waals surface area contributed by atoms with Crippen molar-refractivity contribution in [3.05, 3.63) is 29.8 Å². The Kier molecular flexibility index (Phi) is 5.14. The van der Waals surface area contributed by atoms with Crippen LogP contribution in [0.5, 0.6) is 5.75 Å². The lowest BCUT2D eigenvalue weighted by Crippen LogP contribution is -2.38. The van der Waals surface area contributed by atoms with Gasteiger partial charge in [-0.3, -0.25) is 0 Å². The zero-order valence-electron chi connectivity index (χ0n) is 12.2. The van der Waals surface area contributed by atoms with Gasteiger partial charge in [0.05, 0.1) is 5.56 Å². The summed E-state index contributed by atoms with van der Waals surface area (Å²) in [5.41, 5.74) is 5.40. The number of rotatable bonds is 4. The molecule has 118 valence electrons. The highest BCUT2D eigenvalue weighted by Gasteiger charge is 2.31. The van der Waals surface area contributed by atoms with E-state index in [1.165, 1.54) is 12.1 Å². The lowest BCUT2D eigenvalue weighted by molar-refractivity contribution is -0.137. The highest BCUT2D eigenvalue weighted by Crippen LogP contribution is 2.32. The van der Waals surface area contributed by atoms with Gasteiger partial charge in [-0.05, 0) is 49.4 Å². The summed E-state index contributed by atoms with van der Waals surface area (Å²) in [4.78, 5) is 0. The number of hydrogen-bond donors (Lipinski definition) is 1. The number of hydrogen-bond acceptors (Lipinski definition) is 2. The van der Waals surface area contributed by atoms with Gasteiger partial charge in [-0.1, -0.05) is 19.8 Å². The quantitative estimate of drug-likeness (QED) is 0.895. The summed E-state index contributed by atoms with van der Waals surface area (Å²) >= 11 is 0. The molecule has 1 aliphatic carbocycles. The molecule has 2 N–H and O–H groups in total. The molecule has 0 spiro atoms. The molecule has 2 rings (SSSR count). The van der Waals surface area contributed by atoms with E-state index in [2.05, 4.69) is 6.92 Å². The van der Waals surface area contributed by atoms with E-state index < -0.39 is 11.7 Å². The maximum absolute atomic E-state index is 12.5. The van der Waals surface area contributed by atoms with Crippen molar-refractivity contribution < 1.29 is 17.9 Å². The third-order valence-corrected chi connectivity index (χ3v) is 3.98. The molecule has 0 aliphatic heterocycles. The molecule has 0 bridgehead atoms. The topological polar surface area (TPSA) is 35.2 Å². The van der Waals surface area contributed by atoms with Crippen molar-refractivity contribution in [3.8, 4) is 5.75 Å². The van der Waals surface area contributed by atoms with Crippen LogP contribution in [0.3, 0.4) is 0 Å². The van der Waals surface area contributed by atoms with Crippen molar-refractivity contribution >= 4 is 0 Å². The van der Waals surface area contributed by atoms with Crippen LogP contribution in [0, 0.1) is 5.92 Å². The number of ether oxygens (including phenoxy) is 1. The zero-order chi connectivity index (χ0) is 15.5. The molecule has 1 aliphatic rings. The van der Waals surface area contributed by atoms with Crippen molar-refractivity contribution in [1.82, 2.24) is 0 Å². The molecule has 2 nitrogen and oxygen atoms in total. The van der Waals surface area contributed by atoms with Gasteiger partial charge in [0, 0.05) is 6.04 Å². The zero-order valence-corrected chi connectivity index (χ0v) is 12.2. The molecule has 1 saturated carbocycles. The minimum absolute atomic E-state index is 0.00189. The lowest BCUT2D eigenvalue weighted by Gasteiger charge is -2.33. The largest absolute Gasteiger partial charge is 0.490 e. The second kappa shape index (κ2) is 6.69. The van der Waals surface area contributed by atoms with Crippen molar-refractivity contribution in [1.29, 1.82) is 0 Å². The Hall–Kier alpha value is -1.23. The number of alkyl halides is 3. The minimum atomic E-state index is -4.31. The Morgan fingerprint density at radius 2 is 1.81 bits per heavy atom. The fraction of sp³-hybridized carbons (Fsp3) is 0.625. The summed E-state index contributed by atoms with van der Waals surface area (Å²) in [5.74, 6) is 1.04. The maximum Gasteiger partial charge on any atom is 0.416 e. The molecular weight excluding hydrogens is 279 g/mol. The van der Waals surface area contributed by atoms with Gasteiger partial charge in [0.25, 0.3) is 0 Å². The predicted octanol–water partition coefficient (Wildman–Crippen LogP) is 4.38. The van der Waals surface area contributed by atoms with Gasteiger partial charge in [-0.15, -0.1) is 0 Å². The second-order valence-electron chi connectivity index (χ2n) is 5.88. The third kappa shape index (κ3) is 4.63. The van der Waals surface area contributed by atoms with Crippen LogP contribution in [0.4, 0.5) is 13.2 Å². The van der Waals surface area contributed by atoms with Crippen LogP contribution in [0.2, 0.25) is 0 Å². The van der Waals surface area contributed by atoms with Crippen molar-refractivity contribution in [2.24, 2.45) is 11.7 Å². The monoisotopic (exact) mass is 301 g/mol. The van der Waals surface area contributed by atoms with E-state index in [0.29, 0.717) is 11.7 Å². The van der Waals surface area contributed by atoms with Crippen LogP contribution >= 0.6 is 0 Å².